The predicted octanol–water partition coefficient (Wildman–Crippen LogP) is -9.21. The first kappa shape index (κ1) is 39.5. The van der Waals surface area contributed by atoms with Gasteiger partial charge in [0.2, 0.25) is 0 Å². The van der Waals surface area contributed by atoms with Gasteiger partial charge in [-0.3, -0.25) is 4.18 Å². The van der Waals surface area contributed by atoms with Gasteiger partial charge in [-0.15, -0.1) is 12.6 Å². The van der Waals surface area contributed by atoms with Crippen LogP contribution < -0.4 is 88.7 Å². The molecule has 1 aliphatic rings. The molecule has 0 aromatic rings. The van der Waals surface area contributed by atoms with Crippen molar-refractivity contribution in [2.75, 3.05) is 12.4 Å². The summed E-state index contributed by atoms with van der Waals surface area (Å²) >= 11 is 0. The fraction of sp³-hybridized carbons (Fsp3) is 0.857. The Balaban J connectivity index is -0.0000000387. The first-order valence-electron chi connectivity index (χ1n) is 4.78. The second-order valence-electron chi connectivity index (χ2n) is 2.70. The molecule has 9 nitrogen and oxygen atoms in total. The van der Waals surface area contributed by atoms with Crippen LogP contribution in [0, 0.1) is 6.92 Å². The van der Waals surface area contributed by atoms with Gasteiger partial charge in [0, 0.05) is 0 Å². The van der Waals surface area contributed by atoms with Gasteiger partial charge in [0.15, 0.2) is 0 Å². The third-order valence-electron chi connectivity index (χ3n) is 1.16. The summed E-state index contributed by atoms with van der Waals surface area (Å²) in [5.74, 6) is 0.201. The normalized spacial score (nSPS) is 12.9. The maximum absolute atomic E-state index is 10.2. The Labute approximate surface area is 201 Å². The molecule has 22 heavy (non-hydrogen) atoms. The first-order valence-corrected chi connectivity index (χ1v) is 8.36. The number of hydrogen-bond donors (Lipinski definition) is 0. The van der Waals surface area contributed by atoms with Crippen molar-refractivity contribution < 1.29 is 127 Å². The number of unbranched alkanes of at least 4 members (excludes halogenated alkanes) is 1. The van der Waals surface area contributed by atoms with Crippen LogP contribution in [-0.4, -0.2) is 38.0 Å². The summed E-state index contributed by atoms with van der Waals surface area (Å²) in [7, 11) is -9.27. The Morgan fingerprint density at radius 3 is 1.50 bits per heavy atom. The summed E-state index contributed by atoms with van der Waals surface area (Å²) in [6.07, 6.45) is 2.93. The van der Waals surface area contributed by atoms with Crippen molar-refractivity contribution in [1.29, 1.82) is 0 Å². The van der Waals surface area contributed by atoms with Gasteiger partial charge < -0.3 is 19.9 Å². The molecule has 0 aliphatic carbocycles. The molecular formula is C7H15Na3O9S3. The summed E-state index contributed by atoms with van der Waals surface area (Å²) in [5.41, 5.74) is 0. The molecule has 0 amide bonds. The zero-order chi connectivity index (χ0) is 15.9. The maximum Gasteiger partial charge on any atom is 1.00 e. The summed E-state index contributed by atoms with van der Waals surface area (Å²) in [6, 6.07) is 0. The second kappa shape index (κ2) is 28.3. The molecule has 0 aromatic carbocycles. The van der Waals surface area contributed by atoms with Crippen molar-refractivity contribution in [3.8, 4) is 0 Å². The fourth-order valence-electron chi connectivity index (χ4n) is 0.481. The van der Waals surface area contributed by atoms with E-state index in [0.29, 0.717) is 13.0 Å². The van der Waals surface area contributed by atoms with Gasteiger partial charge in [-0.05, 0) is 6.42 Å². The molecule has 0 atom stereocenters. The zero-order valence-electron chi connectivity index (χ0n) is 13.1. The molecule has 0 N–H and O–H groups in total. The maximum atomic E-state index is 10.2. The van der Waals surface area contributed by atoms with Gasteiger partial charge in [0.05, 0.1) is 12.4 Å². The molecule has 15 heteroatoms. The van der Waals surface area contributed by atoms with Crippen LogP contribution in [0.3, 0.4) is 0 Å². The molecule has 0 spiro atoms. The van der Waals surface area contributed by atoms with Crippen molar-refractivity contribution >= 4 is 31.7 Å². The third kappa shape index (κ3) is 66.7. The summed E-state index contributed by atoms with van der Waals surface area (Å²) in [6.45, 7) is 6.10. The van der Waals surface area contributed by atoms with E-state index >= 15 is 0 Å². The van der Waals surface area contributed by atoms with Crippen LogP contribution in [0.2, 0.25) is 0 Å². The average molecular weight is 408 g/mol. The first-order chi connectivity index (χ1) is 8.59. The molecule has 0 aromatic heterocycles. The summed E-state index contributed by atoms with van der Waals surface area (Å²) < 4.78 is 75.4. The molecule has 0 radical (unpaired) electrons. The van der Waals surface area contributed by atoms with Crippen molar-refractivity contribution in [2.24, 2.45) is 0 Å². The predicted molar refractivity (Wildman–Crippen MR) is 63.8 cm³/mol. The van der Waals surface area contributed by atoms with Crippen LogP contribution in [0.1, 0.15) is 26.2 Å². The van der Waals surface area contributed by atoms with Crippen molar-refractivity contribution in [2.45, 2.75) is 26.2 Å². The molecule has 1 heterocycles. The van der Waals surface area contributed by atoms with Crippen LogP contribution in [0.25, 0.3) is 0 Å². The Kier molecular flexibility index (Phi) is 50.7. The Morgan fingerprint density at radius 2 is 1.45 bits per heavy atom. The van der Waals surface area contributed by atoms with Gasteiger partial charge >= 0.3 is 99.3 Å². The van der Waals surface area contributed by atoms with E-state index in [1.807, 2.05) is 0 Å². The second-order valence-corrected chi connectivity index (χ2v) is 5.27. The van der Waals surface area contributed by atoms with Gasteiger partial charge in [0.25, 0.3) is 10.1 Å². The van der Waals surface area contributed by atoms with E-state index in [1.165, 1.54) is 6.42 Å². The molecule has 0 saturated carbocycles. The molecule has 1 aliphatic heterocycles. The number of rotatable bonds is 1. The van der Waals surface area contributed by atoms with Gasteiger partial charge in [-0.1, -0.05) is 13.3 Å². The molecular weight excluding hydrogens is 393 g/mol. The minimum absolute atomic E-state index is 0. The minimum Gasteiger partial charge on any atom is -0.917 e. The summed E-state index contributed by atoms with van der Waals surface area (Å²) in [5, 5.41) is 0. The quantitative estimate of drug-likeness (QED) is 0.103. The standard InChI is InChI=1S/C4H9.C3H6O3S.3Na.2O3S/c1-3-4-2;4-7(5)3-1-2-6-7;;;;2*1-4(2)3/h1,3-4H2,2H3;1-3H2;;;;;/q-1;;3*+1;;-2. The van der Waals surface area contributed by atoms with E-state index in [9.17, 15) is 8.42 Å². The smallest absolute Gasteiger partial charge is 0.917 e. The topological polar surface area (TPSA) is 152 Å². The fourth-order valence-corrected chi connectivity index (χ4v) is 1.44. The van der Waals surface area contributed by atoms with E-state index in [-0.39, 0.29) is 94.4 Å². The largest absolute Gasteiger partial charge is 1.00 e. The van der Waals surface area contributed by atoms with Crippen LogP contribution in [0.4, 0.5) is 0 Å². The average Bonchev–Trinajstić information content (AvgIpc) is 2.61. The van der Waals surface area contributed by atoms with Crippen LogP contribution >= 0.6 is 0 Å². The SMILES string of the molecule is O=S(=O)=O.O=S1(=O)CCCO1.O=[S-](=O)[O-].[CH2-]CCC.[Na+].[Na+].[Na+]. The Bertz CT molecular complexity index is 443. The molecule has 1 fully saturated rings. The van der Waals surface area contributed by atoms with Crippen LogP contribution in [0.15, 0.2) is 0 Å². The van der Waals surface area contributed by atoms with E-state index in [4.69, 9.17) is 25.6 Å². The number of hydrogen-bond acceptors (Lipinski definition) is 10. The molecule has 1 saturated heterocycles. The van der Waals surface area contributed by atoms with E-state index < -0.39 is 31.7 Å². The molecule has 118 valence electrons. The van der Waals surface area contributed by atoms with Crippen LogP contribution in [-0.2, 0) is 44.3 Å². The summed E-state index contributed by atoms with van der Waals surface area (Å²) in [4.78, 5) is 0. The van der Waals surface area contributed by atoms with E-state index in [1.54, 1.807) is 0 Å². The Hall–Kier alpha value is 2.44. The van der Waals surface area contributed by atoms with Crippen molar-refractivity contribution in [3.05, 3.63) is 6.92 Å². The van der Waals surface area contributed by atoms with Crippen molar-refractivity contribution in [1.82, 2.24) is 0 Å². The Morgan fingerprint density at radius 1 is 1.18 bits per heavy atom. The van der Waals surface area contributed by atoms with Crippen molar-refractivity contribution in [3.63, 3.8) is 0 Å². The van der Waals surface area contributed by atoms with Gasteiger partial charge in [-0.25, -0.2) is 0 Å². The monoisotopic (exact) mass is 408 g/mol. The third-order valence-corrected chi connectivity index (χ3v) is 2.47. The van der Waals surface area contributed by atoms with Crippen LogP contribution in [0.5, 0.6) is 0 Å². The molecule has 0 unspecified atom stereocenters. The van der Waals surface area contributed by atoms with E-state index in [0.717, 1.165) is 6.42 Å². The van der Waals surface area contributed by atoms with E-state index in [2.05, 4.69) is 18.0 Å². The van der Waals surface area contributed by atoms with Gasteiger partial charge in [-0.2, -0.15) is 25.8 Å². The zero-order valence-corrected chi connectivity index (χ0v) is 21.6. The molecule has 1 rings (SSSR count). The van der Waals surface area contributed by atoms with Gasteiger partial charge in [0.1, 0.15) is 0 Å². The minimum atomic E-state index is -3.11. The molecule has 0 bridgehead atoms.